The number of alkyl halides is 3. The molecule has 1 aromatic heterocycles. The number of amides is 1. The number of fused-ring (bicyclic) bond motifs is 1. The van der Waals surface area contributed by atoms with Gasteiger partial charge in [-0.15, -0.1) is 0 Å². The molecule has 11 heteroatoms. The molecule has 1 aliphatic rings. The van der Waals surface area contributed by atoms with Crippen molar-refractivity contribution in [1.82, 2.24) is 14.5 Å². The van der Waals surface area contributed by atoms with E-state index in [0.717, 1.165) is 49.9 Å². The molecular formula is C25H27F3N4O3S. The third-order valence-corrected chi connectivity index (χ3v) is 7.01. The van der Waals surface area contributed by atoms with Crippen LogP contribution in [0.15, 0.2) is 58.5 Å². The molecule has 192 valence electrons. The number of hydrogen-bond acceptors (Lipinski definition) is 6. The fourth-order valence-corrected chi connectivity index (χ4v) is 4.84. The Morgan fingerprint density at radius 3 is 2.50 bits per heavy atom. The summed E-state index contributed by atoms with van der Waals surface area (Å²) in [7, 11) is 0. The van der Waals surface area contributed by atoms with Gasteiger partial charge < -0.3 is 10.1 Å². The van der Waals surface area contributed by atoms with E-state index in [1.165, 1.54) is 12.1 Å². The lowest BCUT2D eigenvalue weighted by Gasteiger charge is -2.26. The van der Waals surface area contributed by atoms with Crippen LogP contribution in [0.3, 0.4) is 0 Å². The third kappa shape index (κ3) is 6.45. The molecule has 1 fully saturated rings. The Bertz CT molecular complexity index is 1260. The summed E-state index contributed by atoms with van der Waals surface area (Å²) in [6, 6.07) is 11.4. The van der Waals surface area contributed by atoms with Crippen LogP contribution in [0, 0.1) is 0 Å². The van der Waals surface area contributed by atoms with Crippen LogP contribution in [0.2, 0.25) is 0 Å². The number of anilines is 1. The molecule has 1 aliphatic heterocycles. The van der Waals surface area contributed by atoms with Crippen molar-refractivity contribution < 1.29 is 22.7 Å². The second-order valence-electron chi connectivity index (χ2n) is 8.50. The van der Waals surface area contributed by atoms with Gasteiger partial charge in [-0.3, -0.25) is 19.1 Å². The second kappa shape index (κ2) is 11.4. The van der Waals surface area contributed by atoms with Gasteiger partial charge in [0, 0.05) is 31.9 Å². The average molecular weight is 521 g/mol. The van der Waals surface area contributed by atoms with E-state index in [1.807, 2.05) is 0 Å². The number of aromatic nitrogens is 2. The van der Waals surface area contributed by atoms with E-state index in [4.69, 9.17) is 4.74 Å². The lowest BCUT2D eigenvalue weighted by Crippen LogP contribution is -2.37. The minimum Gasteiger partial charge on any atom is -0.379 e. The van der Waals surface area contributed by atoms with E-state index in [2.05, 4.69) is 15.2 Å². The number of carbonyl (C=O) groups is 1. The number of halogens is 3. The van der Waals surface area contributed by atoms with E-state index in [0.29, 0.717) is 35.8 Å². The molecule has 0 aliphatic carbocycles. The molecule has 4 rings (SSSR count). The van der Waals surface area contributed by atoms with Crippen LogP contribution in [0.5, 0.6) is 0 Å². The highest BCUT2D eigenvalue weighted by atomic mass is 32.2. The Balaban J connectivity index is 1.49. The van der Waals surface area contributed by atoms with Crippen LogP contribution < -0.4 is 10.9 Å². The monoisotopic (exact) mass is 520 g/mol. The van der Waals surface area contributed by atoms with Gasteiger partial charge in [-0.25, -0.2) is 4.98 Å². The molecule has 0 saturated carbocycles. The van der Waals surface area contributed by atoms with Crippen molar-refractivity contribution in [2.75, 3.05) is 38.2 Å². The smallest absolute Gasteiger partial charge is 0.379 e. The second-order valence-corrected chi connectivity index (χ2v) is 9.81. The van der Waals surface area contributed by atoms with Crippen LogP contribution in [0.4, 0.5) is 18.9 Å². The number of carbonyl (C=O) groups excluding carboxylic acids is 1. The zero-order valence-electron chi connectivity index (χ0n) is 19.8. The fraction of sp³-hybridized carbons (Fsp3) is 0.400. The van der Waals surface area contributed by atoms with Crippen molar-refractivity contribution in [1.29, 1.82) is 0 Å². The summed E-state index contributed by atoms with van der Waals surface area (Å²) in [6.45, 7) is 6.04. The quantitative estimate of drug-likeness (QED) is 0.354. The standard InChI is InChI=1S/C25H27F3N4O3S/c1-17(22(33)29-19-9-7-18(8-10-19)25(26,27)28)36-24-30-21-6-3-2-5-20(21)23(34)32(24)12-4-11-31-13-15-35-16-14-31/h2-3,5-10,17H,4,11-16H2,1H3,(H,29,33). The maximum absolute atomic E-state index is 13.3. The number of benzene rings is 2. The van der Waals surface area contributed by atoms with Crippen molar-refractivity contribution in [3.8, 4) is 0 Å². The Labute approximate surface area is 210 Å². The van der Waals surface area contributed by atoms with Crippen LogP contribution >= 0.6 is 11.8 Å². The normalized spacial score (nSPS) is 15.7. The summed E-state index contributed by atoms with van der Waals surface area (Å²) < 4.78 is 45.4. The maximum Gasteiger partial charge on any atom is 0.416 e. The highest BCUT2D eigenvalue weighted by Gasteiger charge is 2.30. The highest BCUT2D eigenvalue weighted by Crippen LogP contribution is 2.30. The van der Waals surface area contributed by atoms with Gasteiger partial charge in [-0.2, -0.15) is 13.2 Å². The minimum atomic E-state index is -4.45. The average Bonchev–Trinajstić information content (AvgIpc) is 2.86. The van der Waals surface area contributed by atoms with Gasteiger partial charge >= 0.3 is 6.18 Å². The van der Waals surface area contributed by atoms with E-state index in [-0.39, 0.29) is 11.2 Å². The van der Waals surface area contributed by atoms with E-state index in [1.54, 1.807) is 35.8 Å². The van der Waals surface area contributed by atoms with Crippen molar-refractivity contribution in [2.45, 2.75) is 36.5 Å². The molecular weight excluding hydrogens is 493 g/mol. The van der Waals surface area contributed by atoms with Crippen molar-refractivity contribution in [3.05, 3.63) is 64.4 Å². The predicted octanol–water partition coefficient (Wildman–Crippen LogP) is 4.26. The van der Waals surface area contributed by atoms with Crippen molar-refractivity contribution >= 4 is 34.3 Å². The molecule has 1 unspecified atom stereocenters. The fourth-order valence-electron chi connectivity index (χ4n) is 3.91. The van der Waals surface area contributed by atoms with Crippen LogP contribution in [-0.2, 0) is 22.3 Å². The zero-order valence-corrected chi connectivity index (χ0v) is 20.6. The number of para-hydroxylation sites is 1. The largest absolute Gasteiger partial charge is 0.416 e. The van der Waals surface area contributed by atoms with Crippen molar-refractivity contribution in [2.24, 2.45) is 0 Å². The molecule has 2 heterocycles. The van der Waals surface area contributed by atoms with Crippen molar-refractivity contribution in [3.63, 3.8) is 0 Å². The Morgan fingerprint density at radius 1 is 1.11 bits per heavy atom. The van der Waals surface area contributed by atoms with Crippen LogP contribution in [0.1, 0.15) is 18.9 Å². The van der Waals surface area contributed by atoms with E-state index < -0.39 is 22.9 Å². The summed E-state index contributed by atoms with van der Waals surface area (Å²) in [5, 5.41) is 2.93. The number of rotatable bonds is 8. The SMILES string of the molecule is CC(Sc1nc2ccccc2c(=O)n1CCCN1CCOCC1)C(=O)Nc1ccc(C(F)(F)F)cc1. The Hall–Kier alpha value is -2.89. The van der Waals surface area contributed by atoms with Crippen LogP contribution in [0.25, 0.3) is 10.9 Å². The summed E-state index contributed by atoms with van der Waals surface area (Å²) in [5.74, 6) is -0.401. The molecule has 1 atom stereocenters. The number of hydrogen-bond donors (Lipinski definition) is 1. The lowest BCUT2D eigenvalue weighted by atomic mass is 10.2. The van der Waals surface area contributed by atoms with E-state index >= 15 is 0 Å². The van der Waals surface area contributed by atoms with Gasteiger partial charge in [-0.05, 0) is 49.7 Å². The lowest BCUT2D eigenvalue weighted by molar-refractivity contribution is -0.137. The number of ether oxygens (including phenoxy) is 1. The topological polar surface area (TPSA) is 76.5 Å². The van der Waals surface area contributed by atoms with Gasteiger partial charge in [0.05, 0.1) is 34.9 Å². The van der Waals surface area contributed by atoms with E-state index in [9.17, 15) is 22.8 Å². The first kappa shape index (κ1) is 26.2. The Morgan fingerprint density at radius 2 is 1.81 bits per heavy atom. The first-order valence-corrected chi connectivity index (χ1v) is 12.5. The summed E-state index contributed by atoms with van der Waals surface area (Å²) >= 11 is 1.15. The zero-order chi connectivity index (χ0) is 25.7. The first-order valence-electron chi connectivity index (χ1n) is 11.7. The van der Waals surface area contributed by atoms with Gasteiger partial charge in [0.15, 0.2) is 5.16 Å². The molecule has 3 aromatic rings. The van der Waals surface area contributed by atoms with Gasteiger partial charge in [0.25, 0.3) is 5.56 Å². The minimum absolute atomic E-state index is 0.166. The molecule has 7 nitrogen and oxygen atoms in total. The summed E-state index contributed by atoms with van der Waals surface area (Å²) in [5.41, 5.74) is -0.149. The molecule has 1 amide bonds. The summed E-state index contributed by atoms with van der Waals surface area (Å²) in [6.07, 6.45) is -3.71. The molecule has 1 N–H and O–H groups in total. The number of morpholine rings is 1. The summed E-state index contributed by atoms with van der Waals surface area (Å²) in [4.78, 5) is 33.0. The number of thioether (sulfide) groups is 1. The maximum atomic E-state index is 13.3. The molecule has 36 heavy (non-hydrogen) atoms. The van der Waals surface area contributed by atoms with Gasteiger partial charge in [-0.1, -0.05) is 23.9 Å². The number of nitrogens with one attached hydrogen (secondary N) is 1. The predicted molar refractivity (Wildman–Crippen MR) is 133 cm³/mol. The molecule has 1 saturated heterocycles. The molecule has 2 aromatic carbocycles. The van der Waals surface area contributed by atoms with Gasteiger partial charge in [0.1, 0.15) is 0 Å². The highest BCUT2D eigenvalue weighted by molar-refractivity contribution is 8.00. The third-order valence-electron chi connectivity index (χ3n) is 5.92. The molecule has 0 radical (unpaired) electrons. The molecule has 0 bridgehead atoms. The molecule has 0 spiro atoms. The van der Waals surface area contributed by atoms with Crippen LogP contribution in [-0.4, -0.2) is 58.5 Å². The van der Waals surface area contributed by atoms with Gasteiger partial charge in [0.2, 0.25) is 5.91 Å². The number of nitrogens with zero attached hydrogens (tertiary/aromatic N) is 3. The Kier molecular flexibility index (Phi) is 8.32. The first-order chi connectivity index (χ1) is 17.2.